The minimum absolute atomic E-state index is 0.0792. The molecule has 0 fully saturated rings. The van der Waals surface area contributed by atoms with Crippen LogP contribution in [0.15, 0.2) is 16.9 Å². The Hall–Kier alpha value is -0.850. The summed E-state index contributed by atoms with van der Waals surface area (Å²) >= 11 is 3.13. The Balaban J connectivity index is 2.90. The molecule has 0 saturated heterocycles. The molecule has 0 aliphatic carbocycles. The lowest BCUT2D eigenvalue weighted by molar-refractivity contribution is -0.120. The molecule has 0 saturated carbocycles. The second kappa shape index (κ2) is 4.99. The van der Waals surface area contributed by atoms with Crippen molar-refractivity contribution in [1.82, 2.24) is 9.97 Å². The molecule has 0 bridgehead atoms. The van der Waals surface area contributed by atoms with Gasteiger partial charge < -0.3 is 4.90 Å². The van der Waals surface area contributed by atoms with Crippen molar-refractivity contribution in [2.75, 3.05) is 11.4 Å². The van der Waals surface area contributed by atoms with Crippen molar-refractivity contribution >= 4 is 21.9 Å². The lowest BCUT2D eigenvalue weighted by Gasteiger charge is -2.27. The van der Waals surface area contributed by atoms with Crippen molar-refractivity contribution in [3.63, 3.8) is 0 Å². The Morgan fingerprint density at radius 1 is 1.31 bits per heavy atom. The first-order valence-electron chi connectivity index (χ1n) is 4.60. The Bertz CT molecular complexity index is 337. The van der Waals surface area contributed by atoms with Gasteiger partial charge in [0.25, 0.3) is 0 Å². The highest BCUT2D eigenvalue weighted by Gasteiger charge is 2.32. The summed E-state index contributed by atoms with van der Waals surface area (Å²) in [4.78, 5) is 8.81. The molecule has 0 spiro atoms. The molecule has 0 atom stereocenters. The van der Waals surface area contributed by atoms with Gasteiger partial charge in [-0.15, -0.1) is 0 Å². The van der Waals surface area contributed by atoms with Gasteiger partial charge in [0.05, 0.1) is 4.47 Å². The molecule has 0 unspecified atom stereocenters. The third kappa shape index (κ3) is 3.96. The molecule has 7 heteroatoms. The van der Waals surface area contributed by atoms with E-state index in [1.54, 1.807) is 13.8 Å². The van der Waals surface area contributed by atoms with Crippen LogP contribution in [-0.2, 0) is 0 Å². The molecular weight excluding hydrogens is 287 g/mol. The van der Waals surface area contributed by atoms with E-state index in [0.717, 1.165) is 4.90 Å². The number of alkyl halides is 3. The fourth-order valence-electron chi connectivity index (χ4n) is 1.13. The van der Waals surface area contributed by atoms with E-state index in [1.165, 1.54) is 12.4 Å². The number of nitrogens with zero attached hydrogens (tertiary/aromatic N) is 3. The maximum Gasteiger partial charge on any atom is 0.406 e. The van der Waals surface area contributed by atoms with Crippen LogP contribution in [0, 0.1) is 0 Å². The number of aromatic nitrogens is 2. The number of anilines is 1. The van der Waals surface area contributed by atoms with Crippen LogP contribution in [0.5, 0.6) is 0 Å². The molecule has 0 aromatic carbocycles. The van der Waals surface area contributed by atoms with Gasteiger partial charge in [-0.3, -0.25) is 0 Å². The van der Waals surface area contributed by atoms with Gasteiger partial charge in [-0.1, -0.05) is 0 Å². The summed E-state index contributed by atoms with van der Waals surface area (Å²) < 4.78 is 37.6. The monoisotopic (exact) mass is 297 g/mol. The highest BCUT2D eigenvalue weighted by atomic mass is 79.9. The van der Waals surface area contributed by atoms with Gasteiger partial charge in [0, 0.05) is 18.4 Å². The molecule has 90 valence electrons. The SMILES string of the molecule is CC(C)N(CC(F)(F)F)c1ncc(Br)cn1. The van der Waals surface area contributed by atoms with E-state index in [2.05, 4.69) is 25.9 Å². The molecule has 0 amide bonds. The van der Waals surface area contributed by atoms with Gasteiger partial charge in [0.1, 0.15) is 6.54 Å². The van der Waals surface area contributed by atoms with Crippen LogP contribution in [0.25, 0.3) is 0 Å². The zero-order chi connectivity index (χ0) is 12.3. The van der Waals surface area contributed by atoms with Crippen molar-refractivity contribution in [3.05, 3.63) is 16.9 Å². The number of rotatable bonds is 3. The molecule has 0 N–H and O–H groups in total. The van der Waals surface area contributed by atoms with E-state index in [-0.39, 0.29) is 12.0 Å². The van der Waals surface area contributed by atoms with Crippen LogP contribution in [0.3, 0.4) is 0 Å². The smallest absolute Gasteiger partial charge is 0.329 e. The third-order valence-electron chi connectivity index (χ3n) is 1.84. The number of hydrogen-bond acceptors (Lipinski definition) is 3. The summed E-state index contributed by atoms with van der Waals surface area (Å²) in [6.45, 7) is 2.28. The maximum atomic E-state index is 12.3. The molecule has 1 rings (SSSR count). The van der Waals surface area contributed by atoms with Crippen molar-refractivity contribution in [2.24, 2.45) is 0 Å². The van der Waals surface area contributed by atoms with E-state index in [9.17, 15) is 13.2 Å². The van der Waals surface area contributed by atoms with Gasteiger partial charge in [-0.05, 0) is 29.8 Å². The maximum absolute atomic E-state index is 12.3. The van der Waals surface area contributed by atoms with Crippen LogP contribution in [-0.4, -0.2) is 28.7 Å². The molecule has 0 aliphatic heterocycles. The topological polar surface area (TPSA) is 29.0 Å². The van der Waals surface area contributed by atoms with Gasteiger partial charge in [0.2, 0.25) is 5.95 Å². The van der Waals surface area contributed by atoms with Crippen LogP contribution in [0.2, 0.25) is 0 Å². The number of halogens is 4. The van der Waals surface area contributed by atoms with E-state index in [0.29, 0.717) is 4.47 Å². The second-order valence-corrected chi connectivity index (χ2v) is 4.45. The molecule has 1 heterocycles. The predicted octanol–water partition coefficient (Wildman–Crippen LogP) is 3.02. The average Bonchev–Trinajstić information content (AvgIpc) is 2.14. The van der Waals surface area contributed by atoms with E-state index in [4.69, 9.17) is 0 Å². The fraction of sp³-hybridized carbons (Fsp3) is 0.556. The van der Waals surface area contributed by atoms with Gasteiger partial charge in [-0.25, -0.2) is 9.97 Å². The summed E-state index contributed by atoms with van der Waals surface area (Å²) in [6, 6.07) is -0.317. The van der Waals surface area contributed by atoms with Crippen molar-refractivity contribution in [1.29, 1.82) is 0 Å². The first-order valence-corrected chi connectivity index (χ1v) is 5.40. The summed E-state index contributed by atoms with van der Waals surface area (Å²) in [6.07, 6.45) is -1.41. The zero-order valence-electron chi connectivity index (χ0n) is 8.79. The first-order chi connectivity index (χ1) is 7.29. The van der Waals surface area contributed by atoms with E-state index < -0.39 is 12.7 Å². The highest BCUT2D eigenvalue weighted by molar-refractivity contribution is 9.10. The molecule has 0 aliphatic rings. The first kappa shape index (κ1) is 13.2. The molecular formula is C9H11BrF3N3. The minimum Gasteiger partial charge on any atom is -0.329 e. The van der Waals surface area contributed by atoms with Crippen molar-refractivity contribution in [3.8, 4) is 0 Å². The van der Waals surface area contributed by atoms with Gasteiger partial charge in [0.15, 0.2) is 0 Å². The van der Waals surface area contributed by atoms with Gasteiger partial charge >= 0.3 is 6.18 Å². The zero-order valence-corrected chi connectivity index (χ0v) is 10.4. The largest absolute Gasteiger partial charge is 0.406 e. The summed E-state index contributed by atoms with van der Waals surface area (Å²) in [5.74, 6) is 0.0792. The predicted molar refractivity (Wildman–Crippen MR) is 58.3 cm³/mol. The lowest BCUT2D eigenvalue weighted by Crippen LogP contribution is -2.40. The van der Waals surface area contributed by atoms with Gasteiger partial charge in [-0.2, -0.15) is 13.2 Å². The Morgan fingerprint density at radius 3 is 2.19 bits per heavy atom. The minimum atomic E-state index is -4.26. The molecule has 3 nitrogen and oxygen atoms in total. The molecule has 0 radical (unpaired) electrons. The van der Waals surface area contributed by atoms with Crippen molar-refractivity contribution in [2.45, 2.75) is 26.1 Å². The van der Waals surface area contributed by atoms with Crippen LogP contribution in [0.1, 0.15) is 13.8 Å². The molecule has 1 aromatic heterocycles. The van der Waals surface area contributed by atoms with Crippen molar-refractivity contribution < 1.29 is 13.2 Å². The Kier molecular flexibility index (Phi) is 4.12. The molecule has 16 heavy (non-hydrogen) atoms. The summed E-state index contributed by atoms with van der Waals surface area (Å²) in [5, 5.41) is 0. The van der Waals surface area contributed by atoms with Crippen LogP contribution < -0.4 is 4.90 Å². The van der Waals surface area contributed by atoms with Crippen LogP contribution in [0.4, 0.5) is 19.1 Å². The Labute approximate surface area is 99.8 Å². The second-order valence-electron chi connectivity index (χ2n) is 3.54. The number of hydrogen-bond donors (Lipinski definition) is 0. The van der Waals surface area contributed by atoms with Crippen LogP contribution >= 0.6 is 15.9 Å². The Morgan fingerprint density at radius 2 is 1.81 bits per heavy atom. The highest BCUT2D eigenvalue weighted by Crippen LogP contribution is 2.21. The quantitative estimate of drug-likeness (QED) is 0.859. The fourth-order valence-corrected chi connectivity index (χ4v) is 1.34. The lowest BCUT2D eigenvalue weighted by atomic mass is 10.3. The normalized spacial score (nSPS) is 11.9. The standard InChI is InChI=1S/C9H11BrF3N3/c1-6(2)16(5-9(11,12)13)8-14-3-7(10)4-15-8/h3-4,6H,5H2,1-2H3. The summed E-state index contributed by atoms with van der Waals surface area (Å²) in [5.41, 5.74) is 0. The van der Waals surface area contributed by atoms with E-state index >= 15 is 0 Å². The third-order valence-corrected chi connectivity index (χ3v) is 2.25. The summed E-state index contributed by atoms with van der Waals surface area (Å²) in [7, 11) is 0. The molecule has 1 aromatic rings. The van der Waals surface area contributed by atoms with E-state index in [1.807, 2.05) is 0 Å². The average molecular weight is 298 g/mol.